The van der Waals surface area contributed by atoms with Crippen LogP contribution in [0.1, 0.15) is 12.8 Å². The van der Waals surface area contributed by atoms with E-state index in [0.717, 1.165) is 31.6 Å². The molecule has 6 rings (SSSR count). The van der Waals surface area contributed by atoms with Crippen LogP contribution in [0, 0.1) is 11.7 Å². The number of hydrogen-bond acceptors (Lipinski definition) is 5. The molecule has 4 fully saturated rings. The van der Waals surface area contributed by atoms with Crippen LogP contribution in [0.3, 0.4) is 0 Å². The van der Waals surface area contributed by atoms with E-state index in [1.807, 2.05) is 11.0 Å². The Kier molecular flexibility index (Phi) is 3.11. The van der Waals surface area contributed by atoms with E-state index < -0.39 is 6.35 Å². The average Bonchev–Trinajstić information content (AvgIpc) is 2.92. The number of fused-ring (bicyclic) bond motifs is 3. The van der Waals surface area contributed by atoms with Crippen molar-refractivity contribution in [1.82, 2.24) is 9.88 Å². The van der Waals surface area contributed by atoms with Gasteiger partial charge in [0.1, 0.15) is 17.2 Å². The van der Waals surface area contributed by atoms with Gasteiger partial charge in [-0.05, 0) is 44.0 Å². The maximum Gasteiger partial charge on any atom is 0.186 e. The fourth-order valence-electron chi connectivity index (χ4n) is 4.65. The minimum absolute atomic E-state index is 0.207. The molecule has 0 radical (unpaired) electrons. The number of anilines is 1. The topological polar surface area (TPSA) is 54.6 Å². The highest BCUT2D eigenvalue weighted by Gasteiger charge is 2.54. The van der Waals surface area contributed by atoms with E-state index in [4.69, 9.17) is 10.5 Å². The summed E-state index contributed by atoms with van der Waals surface area (Å²) in [6.45, 7) is 3.97. The molecule has 5 nitrogen and oxygen atoms in total. The number of nitrogens with two attached hydrogens (primary N) is 1. The molecule has 2 unspecified atom stereocenters. The third-order valence-electron chi connectivity index (χ3n) is 5.91. The van der Waals surface area contributed by atoms with Crippen LogP contribution in [0.15, 0.2) is 30.5 Å². The number of rotatable bonds is 1. The summed E-state index contributed by atoms with van der Waals surface area (Å²) in [7, 11) is 0. The van der Waals surface area contributed by atoms with E-state index in [2.05, 4.69) is 9.88 Å². The predicted octanol–water partition coefficient (Wildman–Crippen LogP) is 1.92. The molecule has 126 valence electrons. The zero-order valence-corrected chi connectivity index (χ0v) is 13.5. The van der Waals surface area contributed by atoms with Gasteiger partial charge >= 0.3 is 0 Å². The summed E-state index contributed by atoms with van der Waals surface area (Å²) in [6.07, 6.45) is 3.52. The lowest BCUT2D eigenvalue weighted by molar-refractivity contribution is -0.137. The van der Waals surface area contributed by atoms with Gasteiger partial charge in [0.25, 0.3) is 0 Å². The van der Waals surface area contributed by atoms with Crippen molar-refractivity contribution in [3.05, 3.63) is 36.3 Å². The molecule has 24 heavy (non-hydrogen) atoms. The molecule has 4 aliphatic heterocycles. The smallest absolute Gasteiger partial charge is 0.186 e. The third-order valence-corrected chi connectivity index (χ3v) is 5.91. The lowest BCUT2D eigenvalue weighted by Gasteiger charge is -2.50. The quantitative estimate of drug-likeness (QED) is 0.867. The fourth-order valence-corrected chi connectivity index (χ4v) is 4.65. The maximum atomic E-state index is 14.1. The van der Waals surface area contributed by atoms with E-state index in [1.54, 1.807) is 18.3 Å². The molecular formula is C18H21FN4O. The SMILES string of the molecule is NC1OC2(CN3CCC2CC3)CN1c1cc2c(F)cccc2cn1. The highest BCUT2D eigenvalue weighted by molar-refractivity contribution is 5.84. The standard InChI is InChI=1S/C18H21FN4O/c19-15-3-1-2-12-9-21-16(8-14(12)15)23-11-18(24-17(23)20)10-22-6-4-13(18)5-7-22/h1-3,8-9,13,17H,4-7,10-11,20H2. The van der Waals surface area contributed by atoms with Gasteiger partial charge in [0, 0.05) is 23.5 Å². The number of aromatic nitrogens is 1. The van der Waals surface area contributed by atoms with Crippen LogP contribution in [0.2, 0.25) is 0 Å². The van der Waals surface area contributed by atoms with Crippen LogP contribution in [-0.2, 0) is 4.74 Å². The molecule has 2 bridgehead atoms. The highest BCUT2D eigenvalue weighted by atomic mass is 19.1. The minimum atomic E-state index is -0.526. The first-order chi connectivity index (χ1) is 11.6. The molecule has 6 heteroatoms. The lowest BCUT2D eigenvalue weighted by Crippen LogP contribution is -2.61. The summed E-state index contributed by atoms with van der Waals surface area (Å²) >= 11 is 0. The van der Waals surface area contributed by atoms with Crippen molar-refractivity contribution < 1.29 is 9.13 Å². The Hall–Kier alpha value is -1.76. The van der Waals surface area contributed by atoms with Crippen molar-refractivity contribution >= 4 is 16.6 Å². The lowest BCUT2D eigenvalue weighted by atomic mass is 9.75. The van der Waals surface area contributed by atoms with Crippen molar-refractivity contribution in [3.63, 3.8) is 0 Å². The summed E-state index contributed by atoms with van der Waals surface area (Å²) < 4.78 is 20.4. The van der Waals surface area contributed by atoms with E-state index >= 15 is 0 Å². The van der Waals surface area contributed by atoms with Crippen LogP contribution in [0.25, 0.3) is 10.8 Å². The van der Waals surface area contributed by atoms with Gasteiger partial charge in [-0.1, -0.05) is 12.1 Å². The number of hydrogen-bond donors (Lipinski definition) is 1. The van der Waals surface area contributed by atoms with Crippen molar-refractivity contribution in [1.29, 1.82) is 0 Å². The molecule has 4 aliphatic rings. The van der Waals surface area contributed by atoms with Gasteiger partial charge in [-0.15, -0.1) is 0 Å². The summed E-state index contributed by atoms with van der Waals surface area (Å²) in [5, 5.41) is 1.37. The average molecular weight is 328 g/mol. The Morgan fingerprint density at radius 1 is 1.25 bits per heavy atom. The van der Waals surface area contributed by atoms with Gasteiger partial charge in [-0.3, -0.25) is 5.73 Å². The van der Waals surface area contributed by atoms with Crippen LogP contribution >= 0.6 is 0 Å². The highest BCUT2D eigenvalue weighted by Crippen LogP contribution is 2.43. The second kappa shape index (κ2) is 5.12. The number of piperidine rings is 3. The van der Waals surface area contributed by atoms with Crippen LogP contribution in [0.4, 0.5) is 10.2 Å². The van der Waals surface area contributed by atoms with Crippen LogP contribution in [-0.4, -0.2) is 48.0 Å². The normalized spacial score (nSPS) is 35.2. The Morgan fingerprint density at radius 3 is 2.83 bits per heavy atom. The minimum Gasteiger partial charge on any atom is -0.335 e. The van der Waals surface area contributed by atoms with E-state index in [0.29, 0.717) is 17.1 Å². The van der Waals surface area contributed by atoms with Crippen molar-refractivity contribution in [2.45, 2.75) is 24.8 Å². The van der Waals surface area contributed by atoms with Crippen molar-refractivity contribution in [2.24, 2.45) is 11.7 Å². The molecule has 5 heterocycles. The van der Waals surface area contributed by atoms with E-state index in [1.165, 1.54) is 18.9 Å². The number of benzene rings is 1. The van der Waals surface area contributed by atoms with Crippen LogP contribution < -0.4 is 10.6 Å². The van der Waals surface area contributed by atoms with Crippen molar-refractivity contribution in [2.75, 3.05) is 31.1 Å². The monoisotopic (exact) mass is 328 g/mol. The molecule has 1 aromatic heterocycles. The fraction of sp³-hybridized carbons (Fsp3) is 0.500. The Morgan fingerprint density at radius 2 is 2.08 bits per heavy atom. The number of pyridine rings is 1. The predicted molar refractivity (Wildman–Crippen MR) is 90.0 cm³/mol. The zero-order chi connectivity index (χ0) is 16.3. The molecule has 0 amide bonds. The summed E-state index contributed by atoms with van der Waals surface area (Å²) in [5.41, 5.74) is 6.08. The number of ether oxygens (including phenoxy) is 1. The first kappa shape index (κ1) is 14.6. The molecule has 2 aromatic rings. The summed E-state index contributed by atoms with van der Waals surface area (Å²) in [5.74, 6) is 1.01. The Bertz CT molecular complexity index is 792. The summed E-state index contributed by atoms with van der Waals surface area (Å²) in [6, 6.07) is 6.83. The second-order valence-corrected chi connectivity index (χ2v) is 7.25. The molecule has 4 saturated heterocycles. The van der Waals surface area contributed by atoms with Crippen molar-refractivity contribution in [3.8, 4) is 0 Å². The third kappa shape index (κ3) is 2.06. The Balaban J connectivity index is 1.50. The molecule has 2 N–H and O–H groups in total. The molecular weight excluding hydrogens is 307 g/mol. The van der Waals surface area contributed by atoms with E-state index in [-0.39, 0.29) is 11.4 Å². The van der Waals surface area contributed by atoms with E-state index in [9.17, 15) is 4.39 Å². The molecule has 2 atom stereocenters. The maximum absolute atomic E-state index is 14.1. The molecule has 1 spiro atoms. The molecule has 0 saturated carbocycles. The zero-order valence-electron chi connectivity index (χ0n) is 13.5. The van der Waals surface area contributed by atoms with Gasteiger partial charge in [0.2, 0.25) is 0 Å². The molecule has 1 aromatic carbocycles. The first-order valence-corrected chi connectivity index (χ1v) is 8.61. The first-order valence-electron chi connectivity index (χ1n) is 8.61. The Labute approximate surface area is 140 Å². The molecule has 0 aliphatic carbocycles. The van der Waals surface area contributed by atoms with Crippen LogP contribution in [0.5, 0.6) is 0 Å². The van der Waals surface area contributed by atoms with Gasteiger partial charge < -0.3 is 14.5 Å². The largest absolute Gasteiger partial charge is 0.335 e. The summed E-state index contributed by atoms with van der Waals surface area (Å²) in [4.78, 5) is 8.95. The van der Waals surface area contributed by atoms with Gasteiger partial charge in [-0.2, -0.15) is 0 Å². The number of halogens is 1. The number of nitrogens with zero attached hydrogens (tertiary/aromatic N) is 3. The second-order valence-electron chi connectivity index (χ2n) is 7.25. The van der Waals surface area contributed by atoms with Gasteiger partial charge in [-0.25, -0.2) is 9.37 Å². The van der Waals surface area contributed by atoms with Gasteiger partial charge in [0.05, 0.1) is 6.54 Å². The van der Waals surface area contributed by atoms with Gasteiger partial charge in [0.15, 0.2) is 6.35 Å².